The van der Waals surface area contributed by atoms with Gasteiger partial charge in [-0.1, -0.05) is 42.5 Å². The Morgan fingerprint density at radius 1 is 0.968 bits per heavy atom. The summed E-state index contributed by atoms with van der Waals surface area (Å²) < 4.78 is 7.36. The van der Waals surface area contributed by atoms with Crippen molar-refractivity contribution >= 4 is 5.91 Å². The summed E-state index contributed by atoms with van der Waals surface area (Å²) in [5, 5.41) is 7.75. The summed E-state index contributed by atoms with van der Waals surface area (Å²) in [5.74, 6) is -0.0924. The maximum Gasteiger partial charge on any atom is 0.272 e. The molecular formula is C25H28N4O2. The number of hydrogen-bond acceptors (Lipinski definition) is 4. The predicted octanol–water partition coefficient (Wildman–Crippen LogP) is 3.12. The van der Waals surface area contributed by atoms with E-state index >= 15 is 0 Å². The number of aromatic nitrogens is 2. The largest absolute Gasteiger partial charge is 0.379 e. The molecule has 3 aromatic rings. The van der Waals surface area contributed by atoms with Gasteiger partial charge in [0.05, 0.1) is 18.9 Å². The molecule has 31 heavy (non-hydrogen) atoms. The third-order valence-electron chi connectivity index (χ3n) is 6.13. The molecule has 1 N–H and O–H groups in total. The number of fused-ring (bicyclic) bond motifs is 1. The molecule has 1 aromatic heterocycles. The van der Waals surface area contributed by atoms with Gasteiger partial charge in [-0.05, 0) is 42.5 Å². The van der Waals surface area contributed by atoms with Gasteiger partial charge < -0.3 is 10.1 Å². The average Bonchev–Trinajstić information content (AvgIpc) is 3.43. The van der Waals surface area contributed by atoms with E-state index in [0.29, 0.717) is 12.2 Å². The molecule has 1 fully saturated rings. The van der Waals surface area contributed by atoms with Crippen molar-refractivity contribution in [3.63, 3.8) is 0 Å². The number of ether oxygens (including phenoxy) is 1. The van der Waals surface area contributed by atoms with Gasteiger partial charge in [0.25, 0.3) is 5.91 Å². The highest BCUT2D eigenvalue weighted by molar-refractivity contribution is 5.94. The fraction of sp³-hybridized carbons (Fsp3) is 0.360. The summed E-state index contributed by atoms with van der Waals surface area (Å²) in [5.41, 5.74) is 6.23. The molecule has 0 radical (unpaired) electrons. The van der Waals surface area contributed by atoms with Crippen LogP contribution in [0.4, 0.5) is 0 Å². The summed E-state index contributed by atoms with van der Waals surface area (Å²) in [7, 11) is 0. The fourth-order valence-corrected chi connectivity index (χ4v) is 4.45. The first-order chi connectivity index (χ1) is 15.3. The number of nitrogens with zero attached hydrogens (tertiary/aromatic N) is 3. The van der Waals surface area contributed by atoms with Gasteiger partial charge in [-0.15, -0.1) is 0 Å². The Kier molecular flexibility index (Phi) is 5.82. The fourth-order valence-electron chi connectivity index (χ4n) is 4.45. The van der Waals surface area contributed by atoms with Gasteiger partial charge in [0.15, 0.2) is 5.69 Å². The highest BCUT2D eigenvalue weighted by Crippen LogP contribution is 2.27. The topological polar surface area (TPSA) is 59.4 Å². The van der Waals surface area contributed by atoms with Gasteiger partial charge >= 0.3 is 0 Å². The third-order valence-corrected chi connectivity index (χ3v) is 6.13. The minimum absolute atomic E-state index is 0.0924. The van der Waals surface area contributed by atoms with Gasteiger partial charge in [0, 0.05) is 37.4 Å². The monoisotopic (exact) mass is 416 g/mol. The first-order valence-corrected chi connectivity index (χ1v) is 11.1. The number of amides is 1. The average molecular weight is 417 g/mol. The van der Waals surface area contributed by atoms with Gasteiger partial charge in [-0.3, -0.25) is 9.69 Å². The van der Waals surface area contributed by atoms with E-state index in [2.05, 4.69) is 39.6 Å². The van der Waals surface area contributed by atoms with Crippen LogP contribution in [0.5, 0.6) is 0 Å². The third kappa shape index (κ3) is 4.40. The van der Waals surface area contributed by atoms with Crippen molar-refractivity contribution in [2.75, 3.05) is 26.3 Å². The lowest BCUT2D eigenvalue weighted by molar-refractivity contribution is 0.0342. The quantitative estimate of drug-likeness (QED) is 0.671. The Morgan fingerprint density at radius 2 is 1.71 bits per heavy atom. The van der Waals surface area contributed by atoms with E-state index in [1.165, 1.54) is 11.3 Å². The molecule has 0 unspecified atom stereocenters. The zero-order chi connectivity index (χ0) is 21.0. The highest BCUT2D eigenvalue weighted by atomic mass is 16.5. The van der Waals surface area contributed by atoms with Crippen molar-refractivity contribution in [3.8, 4) is 5.69 Å². The van der Waals surface area contributed by atoms with Crippen LogP contribution in [0, 0.1) is 0 Å². The van der Waals surface area contributed by atoms with Crippen LogP contribution in [-0.2, 0) is 30.7 Å². The van der Waals surface area contributed by atoms with E-state index in [9.17, 15) is 4.79 Å². The second kappa shape index (κ2) is 9.04. The summed E-state index contributed by atoms with van der Waals surface area (Å²) >= 11 is 0. The van der Waals surface area contributed by atoms with Crippen LogP contribution in [0.15, 0.2) is 54.6 Å². The number of morpholine rings is 1. The van der Waals surface area contributed by atoms with Crippen molar-refractivity contribution in [2.24, 2.45) is 0 Å². The molecule has 1 aliphatic carbocycles. The Morgan fingerprint density at radius 3 is 2.48 bits per heavy atom. The summed E-state index contributed by atoms with van der Waals surface area (Å²) in [6, 6.07) is 18.6. The molecular weight excluding hydrogens is 388 g/mol. The highest BCUT2D eigenvalue weighted by Gasteiger charge is 2.26. The second-order valence-corrected chi connectivity index (χ2v) is 8.26. The van der Waals surface area contributed by atoms with Crippen LogP contribution in [0.1, 0.15) is 39.3 Å². The summed E-state index contributed by atoms with van der Waals surface area (Å²) in [6.45, 7) is 5.04. The molecule has 2 aliphatic rings. The first-order valence-electron chi connectivity index (χ1n) is 11.1. The maximum atomic E-state index is 12.9. The minimum atomic E-state index is -0.0924. The minimum Gasteiger partial charge on any atom is -0.379 e. The van der Waals surface area contributed by atoms with E-state index < -0.39 is 0 Å². The Bertz CT molecular complexity index is 1040. The number of carbonyl (C=O) groups is 1. The molecule has 0 atom stereocenters. The van der Waals surface area contributed by atoms with Crippen molar-refractivity contribution in [3.05, 3.63) is 82.7 Å². The molecule has 0 bridgehead atoms. The Labute approximate surface area is 182 Å². The standard InChI is InChI=1S/C25H28N4O2/c30-25(24-22-7-4-8-23(22)29(27-24)21-5-2-1-3-6-21)26-17-19-9-11-20(12-10-19)18-28-13-15-31-16-14-28/h1-3,5-6,9-12H,4,7-8,13-18H2,(H,26,30). The molecule has 2 heterocycles. The maximum absolute atomic E-state index is 12.9. The number of benzene rings is 2. The Hall–Kier alpha value is -2.96. The lowest BCUT2D eigenvalue weighted by Gasteiger charge is -2.26. The summed E-state index contributed by atoms with van der Waals surface area (Å²) in [4.78, 5) is 15.4. The van der Waals surface area contributed by atoms with Gasteiger partial charge in [0.2, 0.25) is 0 Å². The molecule has 6 heteroatoms. The smallest absolute Gasteiger partial charge is 0.272 e. The van der Waals surface area contributed by atoms with Crippen LogP contribution < -0.4 is 5.32 Å². The van der Waals surface area contributed by atoms with Crippen molar-refractivity contribution < 1.29 is 9.53 Å². The van der Waals surface area contributed by atoms with Crippen LogP contribution in [0.3, 0.4) is 0 Å². The molecule has 6 nitrogen and oxygen atoms in total. The van der Waals surface area contributed by atoms with Gasteiger partial charge in [-0.2, -0.15) is 5.10 Å². The number of hydrogen-bond donors (Lipinski definition) is 1. The first kappa shape index (κ1) is 20.0. The SMILES string of the molecule is O=C(NCc1ccc(CN2CCOCC2)cc1)c1nn(-c2ccccc2)c2c1CCC2. The van der Waals surface area contributed by atoms with Crippen LogP contribution in [-0.4, -0.2) is 46.9 Å². The zero-order valence-electron chi connectivity index (χ0n) is 17.7. The lowest BCUT2D eigenvalue weighted by atomic mass is 10.1. The lowest BCUT2D eigenvalue weighted by Crippen LogP contribution is -2.35. The van der Waals surface area contributed by atoms with E-state index in [4.69, 9.17) is 4.74 Å². The normalized spacial score (nSPS) is 16.3. The van der Waals surface area contributed by atoms with Gasteiger partial charge in [0.1, 0.15) is 0 Å². The van der Waals surface area contributed by atoms with Crippen LogP contribution in [0.2, 0.25) is 0 Å². The Balaban J connectivity index is 1.24. The molecule has 160 valence electrons. The number of para-hydroxylation sites is 1. The van der Waals surface area contributed by atoms with Crippen LogP contribution >= 0.6 is 0 Å². The second-order valence-electron chi connectivity index (χ2n) is 8.26. The molecule has 0 saturated carbocycles. The van der Waals surface area contributed by atoms with E-state index in [1.807, 2.05) is 35.0 Å². The van der Waals surface area contributed by atoms with E-state index in [0.717, 1.165) is 68.9 Å². The van der Waals surface area contributed by atoms with Crippen molar-refractivity contribution in [1.29, 1.82) is 0 Å². The molecule has 5 rings (SSSR count). The van der Waals surface area contributed by atoms with Gasteiger partial charge in [-0.25, -0.2) is 4.68 Å². The van der Waals surface area contributed by atoms with E-state index in [-0.39, 0.29) is 5.91 Å². The number of nitrogens with one attached hydrogen (secondary N) is 1. The number of rotatable bonds is 6. The molecule has 1 aliphatic heterocycles. The van der Waals surface area contributed by atoms with E-state index in [1.54, 1.807) is 0 Å². The number of carbonyl (C=O) groups excluding carboxylic acids is 1. The van der Waals surface area contributed by atoms with Crippen molar-refractivity contribution in [1.82, 2.24) is 20.0 Å². The zero-order valence-corrected chi connectivity index (χ0v) is 17.7. The molecule has 1 saturated heterocycles. The molecule has 1 amide bonds. The predicted molar refractivity (Wildman–Crippen MR) is 119 cm³/mol. The van der Waals surface area contributed by atoms with Crippen molar-refractivity contribution in [2.45, 2.75) is 32.4 Å². The van der Waals surface area contributed by atoms with Crippen LogP contribution in [0.25, 0.3) is 5.69 Å². The molecule has 0 spiro atoms. The summed E-state index contributed by atoms with van der Waals surface area (Å²) in [6.07, 6.45) is 2.96. The molecule has 2 aromatic carbocycles.